The molecular formula is C17H26N2. The maximum atomic E-state index is 3.72. The summed E-state index contributed by atoms with van der Waals surface area (Å²) in [5.41, 5.74) is 3.08. The SMILES string of the molecule is CCNC1c2ccccc2CC1N1CC(C)C(C)C1. The monoisotopic (exact) mass is 258 g/mol. The largest absolute Gasteiger partial charge is 0.309 e. The number of nitrogens with one attached hydrogen (secondary N) is 1. The minimum absolute atomic E-state index is 0.527. The van der Waals surface area contributed by atoms with Gasteiger partial charge in [-0.2, -0.15) is 0 Å². The van der Waals surface area contributed by atoms with Crippen LogP contribution in [0.4, 0.5) is 0 Å². The predicted molar refractivity (Wildman–Crippen MR) is 80.3 cm³/mol. The van der Waals surface area contributed by atoms with Crippen LogP contribution in [0.25, 0.3) is 0 Å². The van der Waals surface area contributed by atoms with E-state index in [1.54, 1.807) is 5.56 Å². The Balaban J connectivity index is 1.83. The average Bonchev–Trinajstić information content (AvgIpc) is 2.92. The van der Waals surface area contributed by atoms with Crippen LogP contribution in [0.5, 0.6) is 0 Å². The molecule has 3 rings (SSSR count). The van der Waals surface area contributed by atoms with Gasteiger partial charge in [0.15, 0.2) is 0 Å². The second-order valence-corrected chi connectivity index (χ2v) is 6.41. The van der Waals surface area contributed by atoms with Crippen molar-refractivity contribution in [2.45, 2.75) is 39.3 Å². The second kappa shape index (κ2) is 5.26. The van der Waals surface area contributed by atoms with Crippen molar-refractivity contribution in [2.75, 3.05) is 19.6 Å². The number of likely N-dealkylation sites (N-methyl/N-ethyl adjacent to an activating group) is 1. The van der Waals surface area contributed by atoms with E-state index in [0.29, 0.717) is 12.1 Å². The van der Waals surface area contributed by atoms with Crippen LogP contribution >= 0.6 is 0 Å². The van der Waals surface area contributed by atoms with Crippen molar-refractivity contribution in [3.63, 3.8) is 0 Å². The van der Waals surface area contributed by atoms with Gasteiger partial charge in [-0.3, -0.25) is 4.90 Å². The molecule has 4 unspecified atom stereocenters. The molecule has 104 valence electrons. The van der Waals surface area contributed by atoms with E-state index in [1.807, 2.05) is 0 Å². The summed E-state index contributed by atoms with van der Waals surface area (Å²) in [7, 11) is 0. The van der Waals surface area contributed by atoms with Crippen LogP contribution in [0, 0.1) is 11.8 Å². The molecule has 4 atom stereocenters. The topological polar surface area (TPSA) is 15.3 Å². The minimum Gasteiger partial charge on any atom is -0.309 e. The maximum Gasteiger partial charge on any atom is 0.0484 e. The fourth-order valence-electron chi connectivity index (χ4n) is 3.82. The molecular weight excluding hydrogens is 232 g/mol. The fourth-order valence-corrected chi connectivity index (χ4v) is 3.82. The molecule has 2 heteroatoms. The number of hydrogen-bond acceptors (Lipinski definition) is 2. The van der Waals surface area contributed by atoms with Crippen LogP contribution < -0.4 is 5.32 Å². The Labute approximate surface area is 117 Å². The summed E-state index contributed by atoms with van der Waals surface area (Å²) >= 11 is 0. The summed E-state index contributed by atoms with van der Waals surface area (Å²) in [4.78, 5) is 2.72. The number of hydrogen-bond donors (Lipinski definition) is 1. The Hall–Kier alpha value is -0.860. The van der Waals surface area contributed by atoms with E-state index >= 15 is 0 Å². The maximum absolute atomic E-state index is 3.72. The zero-order chi connectivity index (χ0) is 13.4. The third kappa shape index (κ3) is 2.32. The minimum atomic E-state index is 0.527. The summed E-state index contributed by atoms with van der Waals surface area (Å²) in [5.74, 6) is 1.68. The van der Waals surface area contributed by atoms with Gasteiger partial charge in [-0.1, -0.05) is 45.0 Å². The number of rotatable bonds is 3. The lowest BCUT2D eigenvalue weighted by molar-refractivity contribution is 0.196. The first-order valence-electron chi connectivity index (χ1n) is 7.76. The van der Waals surface area contributed by atoms with E-state index in [-0.39, 0.29) is 0 Å². The van der Waals surface area contributed by atoms with Crippen LogP contribution in [0.2, 0.25) is 0 Å². The lowest BCUT2D eigenvalue weighted by atomic mass is 10.0. The van der Waals surface area contributed by atoms with Gasteiger partial charge in [-0.15, -0.1) is 0 Å². The molecule has 0 amide bonds. The van der Waals surface area contributed by atoms with Crippen molar-refractivity contribution >= 4 is 0 Å². The molecule has 1 fully saturated rings. The Morgan fingerprint density at radius 2 is 1.84 bits per heavy atom. The first kappa shape index (κ1) is 13.1. The van der Waals surface area contributed by atoms with Crippen molar-refractivity contribution in [3.05, 3.63) is 35.4 Å². The molecule has 1 aromatic carbocycles. The molecule has 1 aliphatic heterocycles. The van der Waals surface area contributed by atoms with E-state index in [1.165, 1.54) is 25.1 Å². The van der Waals surface area contributed by atoms with Crippen LogP contribution in [0.1, 0.15) is 37.9 Å². The molecule has 1 aliphatic carbocycles. The summed E-state index contributed by atoms with van der Waals surface area (Å²) in [6.07, 6.45) is 1.22. The van der Waals surface area contributed by atoms with Gasteiger partial charge >= 0.3 is 0 Å². The lowest BCUT2D eigenvalue weighted by Gasteiger charge is -2.30. The summed E-state index contributed by atoms with van der Waals surface area (Å²) in [5, 5.41) is 3.72. The highest BCUT2D eigenvalue weighted by Gasteiger charge is 2.39. The standard InChI is InChI=1S/C17H26N2/c1-4-18-17-15-8-6-5-7-14(15)9-16(17)19-10-12(2)13(3)11-19/h5-8,12-13,16-18H,4,9-11H2,1-3H3. The molecule has 19 heavy (non-hydrogen) atoms. The first-order valence-corrected chi connectivity index (χ1v) is 7.76. The molecule has 0 aromatic heterocycles. The Morgan fingerprint density at radius 3 is 2.53 bits per heavy atom. The number of benzene rings is 1. The highest BCUT2D eigenvalue weighted by atomic mass is 15.2. The Kier molecular flexibility index (Phi) is 3.64. The molecule has 0 radical (unpaired) electrons. The highest BCUT2D eigenvalue weighted by molar-refractivity contribution is 5.37. The number of nitrogens with zero attached hydrogens (tertiary/aromatic N) is 1. The van der Waals surface area contributed by atoms with Crippen molar-refractivity contribution in [1.82, 2.24) is 10.2 Å². The highest BCUT2D eigenvalue weighted by Crippen LogP contribution is 2.37. The van der Waals surface area contributed by atoms with Gasteiger partial charge in [0.25, 0.3) is 0 Å². The van der Waals surface area contributed by atoms with Gasteiger partial charge in [0, 0.05) is 25.2 Å². The van der Waals surface area contributed by atoms with Crippen LogP contribution in [-0.2, 0) is 6.42 Å². The molecule has 1 aromatic rings. The summed E-state index contributed by atoms with van der Waals surface area (Å²) in [6.45, 7) is 10.6. The molecule has 0 bridgehead atoms. The van der Waals surface area contributed by atoms with Crippen LogP contribution in [-0.4, -0.2) is 30.6 Å². The van der Waals surface area contributed by atoms with Gasteiger partial charge in [-0.05, 0) is 35.9 Å². The third-order valence-electron chi connectivity index (χ3n) is 5.11. The van der Waals surface area contributed by atoms with Gasteiger partial charge in [0.2, 0.25) is 0 Å². The predicted octanol–water partition coefficient (Wildman–Crippen LogP) is 2.85. The molecule has 2 aliphatic rings. The molecule has 1 heterocycles. The van der Waals surface area contributed by atoms with Crippen LogP contribution in [0.15, 0.2) is 24.3 Å². The summed E-state index contributed by atoms with van der Waals surface area (Å²) in [6, 6.07) is 10.2. The Morgan fingerprint density at radius 1 is 1.16 bits per heavy atom. The second-order valence-electron chi connectivity index (χ2n) is 6.41. The van der Waals surface area contributed by atoms with E-state index in [2.05, 4.69) is 55.3 Å². The van der Waals surface area contributed by atoms with Crippen molar-refractivity contribution in [2.24, 2.45) is 11.8 Å². The van der Waals surface area contributed by atoms with Crippen LogP contribution in [0.3, 0.4) is 0 Å². The molecule has 1 N–H and O–H groups in total. The average molecular weight is 258 g/mol. The zero-order valence-corrected chi connectivity index (χ0v) is 12.4. The molecule has 1 saturated heterocycles. The van der Waals surface area contributed by atoms with Gasteiger partial charge in [0.05, 0.1) is 0 Å². The third-order valence-corrected chi connectivity index (χ3v) is 5.11. The van der Waals surface area contributed by atoms with Gasteiger partial charge < -0.3 is 5.32 Å². The molecule has 0 saturated carbocycles. The zero-order valence-electron chi connectivity index (χ0n) is 12.4. The smallest absolute Gasteiger partial charge is 0.0484 e. The summed E-state index contributed by atoms with van der Waals surface area (Å²) < 4.78 is 0. The lowest BCUT2D eigenvalue weighted by Crippen LogP contribution is -2.42. The normalized spacial score (nSPS) is 34.7. The quantitative estimate of drug-likeness (QED) is 0.897. The molecule has 0 spiro atoms. The first-order chi connectivity index (χ1) is 9.20. The van der Waals surface area contributed by atoms with Crippen molar-refractivity contribution in [3.8, 4) is 0 Å². The van der Waals surface area contributed by atoms with E-state index in [9.17, 15) is 0 Å². The number of fused-ring (bicyclic) bond motifs is 1. The van der Waals surface area contributed by atoms with Crippen molar-refractivity contribution in [1.29, 1.82) is 0 Å². The Bertz CT molecular complexity index is 433. The fraction of sp³-hybridized carbons (Fsp3) is 0.647. The van der Waals surface area contributed by atoms with Crippen molar-refractivity contribution < 1.29 is 0 Å². The van der Waals surface area contributed by atoms with E-state index in [4.69, 9.17) is 0 Å². The van der Waals surface area contributed by atoms with E-state index < -0.39 is 0 Å². The van der Waals surface area contributed by atoms with Gasteiger partial charge in [0.1, 0.15) is 0 Å². The van der Waals surface area contributed by atoms with Gasteiger partial charge in [-0.25, -0.2) is 0 Å². The molecule has 2 nitrogen and oxygen atoms in total. The van der Waals surface area contributed by atoms with E-state index in [0.717, 1.165) is 18.4 Å². The number of likely N-dealkylation sites (tertiary alicyclic amines) is 1.